The van der Waals surface area contributed by atoms with Gasteiger partial charge in [-0.1, -0.05) is 0 Å². The molecule has 80 valence electrons. The highest BCUT2D eigenvalue weighted by Gasteiger charge is 2.41. The highest BCUT2D eigenvalue weighted by atomic mass is 35.5. The second kappa shape index (κ2) is 5.06. The topological polar surface area (TPSA) is 116 Å². The third kappa shape index (κ3) is 2.50. The maximum Gasteiger partial charge on any atom is 0.173 e. The van der Waals surface area contributed by atoms with Crippen molar-refractivity contribution in [3.63, 3.8) is 0 Å². The molecule has 7 heteroatoms. The van der Waals surface area contributed by atoms with Crippen LogP contribution in [0.25, 0.3) is 0 Å². The molecule has 0 unspecified atom stereocenters. The van der Waals surface area contributed by atoms with Gasteiger partial charge in [-0.25, -0.2) is 0 Å². The highest BCUT2D eigenvalue weighted by molar-refractivity contribution is 5.85. The first-order chi connectivity index (χ1) is 5.57. The van der Waals surface area contributed by atoms with Crippen LogP contribution in [0, 0.1) is 0 Å². The van der Waals surface area contributed by atoms with E-state index in [0.717, 1.165) is 0 Å². The first kappa shape index (κ1) is 13.1. The largest absolute Gasteiger partial charge is 0.394 e. The van der Waals surface area contributed by atoms with Gasteiger partial charge in [0.15, 0.2) is 6.29 Å². The van der Waals surface area contributed by atoms with Crippen LogP contribution < -0.4 is 5.73 Å². The van der Waals surface area contributed by atoms with Crippen molar-refractivity contribution < 1.29 is 25.2 Å². The second-order valence-corrected chi connectivity index (χ2v) is 2.81. The van der Waals surface area contributed by atoms with Gasteiger partial charge in [0, 0.05) is 0 Å². The van der Waals surface area contributed by atoms with E-state index in [0.29, 0.717) is 0 Å². The van der Waals surface area contributed by atoms with Gasteiger partial charge < -0.3 is 30.9 Å². The van der Waals surface area contributed by atoms with Gasteiger partial charge in [0.25, 0.3) is 0 Å². The first-order valence-corrected chi connectivity index (χ1v) is 3.64. The number of hydrogen-bond donors (Lipinski definition) is 5. The molecule has 0 aromatic rings. The number of halogens is 1. The number of nitrogens with two attached hydrogens (primary N) is 1. The van der Waals surface area contributed by atoms with Crippen LogP contribution in [0.4, 0.5) is 0 Å². The smallest absolute Gasteiger partial charge is 0.173 e. The van der Waals surface area contributed by atoms with Crippen molar-refractivity contribution >= 4 is 12.4 Å². The van der Waals surface area contributed by atoms with E-state index < -0.39 is 37.3 Å². The van der Waals surface area contributed by atoms with Crippen LogP contribution in [0.1, 0.15) is 0 Å². The molecular weight excluding hydrogens is 204 g/mol. The van der Waals surface area contributed by atoms with Crippen molar-refractivity contribution in [3.8, 4) is 0 Å². The minimum Gasteiger partial charge on any atom is -0.394 e. The van der Waals surface area contributed by atoms with Crippen molar-refractivity contribution in [1.29, 1.82) is 0 Å². The highest BCUT2D eigenvalue weighted by Crippen LogP contribution is 2.17. The molecule has 0 amide bonds. The summed E-state index contributed by atoms with van der Waals surface area (Å²) < 4.78 is 4.70. The molecule has 1 aliphatic heterocycles. The third-order valence-corrected chi connectivity index (χ3v) is 1.95. The monoisotopic (exact) mass is 217 g/mol. The van der Waals surface area contributed by atoms with E-state index in [1.807, 2.05) is 0 Å². The summed E-state index contributed by atoms with van der Waals surface area (Å²) in [6.45, 7) is -0.470. The average molecular weight is 218 g/mol. The van der Waals surface area contributed by atoms with Gasteiger partial charge in [0.05, 0.1) is 12.6 Å². The molecule has 6 N–H and O–H groups in total. The zero-order valence-electron chi connectivity index (χ0n) is 6.78. The van der Waals surface area contributed by atoms with Crippen LogP contribution in [0.2, 0.25) is 0 Å². The van der Waals surface area contributed by atoms with Crippen LogP contribution in [0.15, 0.2) is 0 Å². The summed E-state index contributed by atoms with van der Waals surface area (Å²) in [4.78, 5) is 0. The molecule has 13 heavy (non-hydrogen) atoms. The first-order valence-electron chi connectivity index (χ1n) is 3.64. The van der Waals surface area contributed by atoms with E-state index in [2.05, 4.69) is 0 Å². The summed E-state index contributed by atoms with van der Waals surface area (Å²) >= 11 is 0. The van der Waals surface area contributed by atoms with Crippen LogP contribution in [-0.4, -0.2) is 57.7 Å². The Morgan fingerprint density at radius 2 is 1.69 bits per heavy atom. The minimum atomic E-state index is -1.35. The third-order valence-electron chi connectivity index (χ3n) is 1.95. The van der Waals surface area contributed by atoms with Crippen molar-refractivity contribution in [2.45, 2.75) is 30.6 Å². The van der Waals surface area contributed by atoms with E-state index in [1.54, 1.807) is 0 Å². The fourth-order valence-corrected chi connectivity index (χ4v) is 1.12. The van der Waals surface area contributed by atoms with Gasteiger partial charge in [-0.15, -0.1) is 12.4 Å². The Labute approximate surface area is 81.3 Å². The van der Waals surface area contributed by atoms with Crippen LogP contribution in [0.3, 0.4) is 0 Å². The van der Waals surface area contributed by atoms with E-state index in [1.165, 1.54) is 0 Å². The molecule has 5 atom stereocenters. The predicted molar refractivity (Wildman–Crippen MR) is 45.2 cm³/mol. The van der Waals surface area contributed by atoms with Gasteiger partial charge in [-0.3, -0.25) is 0 Å². The van der Waals surface area contributed by atoms with E-state index >= 15 is 0 Å². The molecule has 0 spiro atoms. The fourth-order valence-electron chi connectivity index (χ4n) is 1.12. The lowest BCUT2D eigenvalue weighted by molar-refractivity contribution is -0.248. The normalized spacial score (nSPS) is 45.5. The zero-order chi connectivity index (χ0) is 9.30. The van der Waals surface area contributed by atoms with Gasteiger partial charge in [-0.2, -0.15) is 0 Å². The molecule has 6 nitrogen and oxygen atoms in total. The van der Waals surface area contributed by atoms with Crippen LogP contribution in [-0.2, 0) is 4.74 Å². The van der Waals surface area contributed by atoms with Crippen molar-refractivity contribution in [3.05, 3.63) is 0 Å². The Hall–Kier alpha value is 0.0500. The number of rotatable bonds is 1. The Kier molecular flexibility index (Phi) is 5.08. The van der Waals surface area contributed by atoms with Crippen LogP contribution >= 0.6 is 12.4 Å². The summed E-state index contributed by atoms with van der Waals surface area (Å²) in [5.41, 5.74) is 5.26. The van der Waals surface area contributed by atoms with Gasteiger partial charge >= 0.3 is 0 Å². The molecule has 1 fully saturated rings. The van der Waals surface area contributed by atoms with E-state index in [-0.39, 0.29) is 12.4 Å². The summed E-state index contributed by atoms with van der Waals surface area (Å²) in [6.07, 6.45) is -4.85. The summed E-state index contributed by atoms with van der Waals surface area (Å²) in [5.74, 6) is 0. The van der Waals surface area contributed by atoms with Crippen LogP contribution in [0.5, 0.6) is 0 Å². The van der Waals surface area contributed by atoms with E-state index in [9.17, 15) is 10.2 Å². The molecule has 0 aromatic carbocycles. The Morgan fingerprint density at radius 3 is 2.15 bits per heavy atom. The lowest BCUT2D eigenvalue weighted by atomic mass is 10.0. The SMILES string of the molecule is Cl.[15NH2][C@@H]1[C@@H](O)[C@H](O)[C@@H](CO)O[13C@@H]1O. The molecule has 1 rings (SSSR count). The van der Waals surface area contributed by atoms with Gasteiger partial charge in [-0.05, 0) is 0 Å². The lowest BCUT2D eigenvalue weighted by Crippen LogP contribution is -2.61. The maximum absolute atomic E-state index is 9.20. The summed E-state index contributed by atoms with van der Waals surface area (Å²) in [5, 5.41) is 36.1. The second-order valence-electron chi connectivity index (χ2n) is 2.81. The number of hydrogen-bond acceptors (Lipinski definition) is 6. The summed E-state index contributed by atoms with van der Waals surface area (Å²) in [6, 6.07) is -1.04. The van der Waals surface area contributed by atoms with Crippen molar-refractivity contribution in [2.24, 2.45) is 5.73 Å². The number of aliphatic hydroxyl groups is 4. The maximum atomic E-state index is 9.20. The fraction of sp³-hybridized carbons (Fsp3) is 1.00. The number of ether oxygens (including phenoxy) is 1. The molecule has 0 bridgehead atoms. The Morgan fingerprint density at radius 1 is 1.15 bits per heavy atom. The lowest BCUT2D eigenvalue weighted by Gasteiger charge is -2.38. The zero-order valence-corrected chi connectivity index (χ0v) is 7.59. The van der Waals surface area contributed by atoms with E-state index in [4.69, 9.17) is 20.7 Å². The van der Waals surface area contributed by atoms with Gasteiger partial charge in [0.1, 0.15) is 18.3 Å². The minimum absolute atomic E-state index is 0. The molecule has 0 radical (unpaired) electrons. The molecular formula is C6H14ClNO5. The molecule has 1 heterocycles. The van der Waals surface area contributed by atoms with Gasteiger partial charge in [0.2, 0.25) is 0 Å². The Bertz CT molecular complexity index is 155. The molecule has 0 saturated carbocycles. The van der Waals surface area contributed by atoms with Crippen molar-refractivity contribution in [1.82, 2.24) is 0 Å². The predicted octanol–water partition coefficient (Wildman–Crippen LogP) is -2.83. The Balaban J connectivity index is 0.00000144. The standard InChI is InChI=1S/C6H13NO5.ClH/c7-3-5(10)4(9)2(1-8)12-6(3)11;/h2-6,8-11H,1,7H2;1H/t2-,3-,4-,5-,6+;/m1./s1/i6+1,7+1;. The molecule has 0 aromatic heterocycles. The van der Waals surface area contributed by atoms with Crippen molar-refractivity contribution in [2.75, 3.05) is 6.61 Å². The quantitative estimate of drug-likeness (QED) is 0.239. The average Bonchev–Trinajstić information content (AvgIpc) is 2.08. The molecule has 1 aliphatic rings. The summed E-state index contributed by atoms with van der Waals surface area (Å²) in [7, 11) is 0. The molecule has 1 saturated heterocycles. The number of aliphatic hydroxyl groups excluding tert-OH is 4. The molecule has 0 aliphatic carbocycles.